The van der Waals surface area contributed by atoms with Gasteiger partial charge in [-0.1, -0.05) is 6.07 Å². The number of carboxylic acid groups (broad SMARTS) is 2. The number of carbonyl (C=O) groups is 3. The van der Waals surface area contributed by atoms with Crippen LogP contribution in [-0.4, -0.2) is 41.8 Å². The molecule has 146 valence electrons. The fourth-order valence-corrected chi connectivity index (χ4v) is 2.37. The summed E-state index contributed by atoms with van der Waals surface area (Å²) in [5.74, 6) is -2.04. The monoisotopic (exact) mass is 385 g/mol. The van der Waals surface area contributed by atoms with Crippen LogP contribution in [0.25, 0.3) is 6.08 Å². The number of carbonyl (C=O) groups excluding carboxylic acids is 1. The maximum atomic E-state index is 12.1. The predicted octanol–water partition coefficient (Wildman–Crippen LogP) is 3.14. The molecular weight excluding hydrogens is 366 g/mol. The number of rotatable bonds is 8. The van der Waals surface area contributed by atoms with Crippen LogP contribution in [0.15, 0.2) is 42.5 Å². The second-order valence-corrected chi connectivity index (χ2v) is 5.58. The lowest BCUT2D eigenvalue weighted by Crippen LogP contribution is -2.10. The predicted molar refractivity (Wildman–Crippen MR) is 102 cm³/mol. The summed E-state index contributed by atoms with van der Waals surface area (Å²) in [5.41, 5.74) is 0.267. The average Bonchev–Trinajstić information content (AvgIpc) is 2.67. The maximum Gasteiger partial charge on any atom is 0.335 e. The Kier molecular flexibility index (Phi) is 6.75. The van der Waals surface area contributed by atoms with Gasteiger partial charge in [0.05, 0.1) is 24.8 Å². The molecule has 8 nitrogen and oxygen atoms in total. The minimum Gasteiger partial charge on any atom is -0.493 e. The number of aromatic carboxylic acids is 2. The Hall–Kier alpha value is -3.81. The molecule has 0 saturated heterocycles. The molecule has 0 spiro atoms. The standard InChI is InChI=1S/C20H19NO7/c1-3-28-16-6-4-12(8-17(16)27-2)5-7-18(22)21-15-10-13(19(23)24)9-14(11-15)20(25)26/h4-11H,3H2,1-2H3,(H,21,22)(H,23,24)(H,25,26)/b7-5+. The highest BCUT2D eigenvalue weighted by atomic mass is 16.5. The third-order valence-corrected chi connectivity index (χ3v) is 3.61. The first kappa shape index (κ1) is 20.5. The molecule has 2 aromatic carbocycles. The van der Waals surface area contributed by atoms with E-state index in [0.29, 0.717) is 23.7 Å². The Balaban J connectivity index is 2.18. The number of ether oxygens (including phenoxy) is 2. The number of methoxy groups -OCH3 is 1. The quantitative estimate of drug-likeness (QED) is 0.597. The third kappa shape index (κ3) is 5.34. The maximum absolute atomic E-state index is 12.1. The summed E-state index contributed by atoms with van der Waals surface area (Å²) < 4.78 is 10.7. The van der Waals surface area contributed by atoms with Crippen LogP contribution in [0.2, 0.25) is 0 Å². The molecule has 0 bridgehead atoms. The number of carboxylic acids is 2. The second kappa shape index (κ2) is 9.22. The van der Waals surface area contributed by atoms with E-state index in [0.717, 1.165) is 6.07 Å². The van der Waals surface area contributed by atoms with Crippen molar-refractivity contribution in [3.63, 3.8) is 0 Å². The molecule has 0 radical (unpaired) electrons. The Bertz CT molecular complexity index is 902. The van der Waals surface area contributed by atoms with Crippen LogP contribution in [0.1, 0.15) is 33.2 Å². The largest absolute Gasteiger partial charge is 0.493 e. The van der Waals surface area contributed by atoms with Crippen molar-refractivity contribution < 1.29 is 34.1 Å². The van der Waals surface area contributed by atoms with Crippen LogP contribution < -0.4 is 14.8 Å². The van der Waals surface area contributed by atoms with Crippen molar-refractivity contribution in [3.8, 4) is 11.5 Å². The van der Waals surface area contributed by atoms with Gasteiger partial charge in [0.1, 0.15) is 0 Å². The van der Waals surface area contributed by atoms with E-state index in [2.05, 4.69) is 5.32 Å². The summed E-state index contributed by atoms with van der Waals surface area (Å²) in [7, 11) is 1.51. The van der Waals surface area contributed by atoms with Crippen molar-refractivity contribution in [2.24, 2.45) is 0 Å². The van der Waals surface area contributed by atoms with Gasteiger partial charge in [-0.25, -0.2) is 9.59 Å². The van der Waals surface area contributed by atoms with Crippen molar-refractivity contribution in [1.29, 1.82) is 0 Å². The highest BCUT2D eigenvalue weighted by molar-refractivity contribution is 6.04. The number of amides is 1. The molecule has 0 aliphatic heterocycles. The van der Waals surface area contributed by atoms with Gasteiger partial charge in [0.25, 0.3) is 0 Å². The molecule has 2 aromatic rings. The smallest absolute Gasteiger partial charge is 0.335 e. The summed E-state index contributed by atoms with van der Waals surface area (Å²) in [6, 6.07) is 8.53. The number of benzene rings is 2. The number of hydrogen-bond acceptors (Lipinski definition) is 5. The van der Waals surface area contributed by atoms with Gasteiger partial charge >= 0.3 is 11.9 Å². The molecule has 1 amide bonds. The fraction of sp³-hybridized carbons (Fsp3) is 0.150. The Morgan fingerprint density at radius 1 is 1.00 bits per heavy atom. The van der Waals surface area contributed by atoms with Crippen molar-refractivity contribution in [2.75, 3.05) is 19.0 Å². The first-order valence-electron chi connectivity index (χ1n) is 8.25. The molecule has 0 aliphatic rings. The Morgan fingerprint density at radius 3 is 2.18 bits per heavy atom. The molecule has 0 unspecified atom stereocenters. The van der Waals surface area contributed by atoms with E-state index >= 15 is 0 Å². The number of hydrogen-bond donors (Lipinski definition) is 3. The minimum absolute atomic E-state index is 0.0659. The van der Waals surface area contributed by atoms with Gasteiger partial charge in [-0.2, -0.15) is 0 Å². The van der Waals surface area contributed by atoms with E-state index in [1.807, 2.05) is 6.92 Å². The van der Waals surface area contributed by atoms with Crippen LogP contribution in [0.3, 0.4) is 0 Å². The molecule has 3 N–H and O–H groups in total. The molecule has 0 saturated carbocycles. The summed E-state index contributed by atoms with van der Waals surface area (Å²) in [6.45, 7) is 2.34. The van der Waals surface area contributed by atoms with Crippen LogP contribution in [0, 0.1) is 0 Å². The van der Waals surface area contributed by atoms with Crippen molar-refractivity contribution in [3.05, 3.63) is 59.2 Å². The highest BCUT2D eigenvalue weighted by Crippen LogP contribution is 2.28. The first-order chi connectivity index (χ1) is 13.3. The lowest BCUT2D eigenvalue weighted by molar-refractivity contribution is -0.111. The van der Waals surface area contributed by atoms with E-state index in [1.54, 1.807) is 18.2 Å². The summed E-state index contributed by atoms with van der Waals surface area (Å²) in [4.78, 5) is 34.4. The zero-order valence-electron chi connectivity index (χ0n) is 15.3. The van der Waals surface area contributed by atoms with Gasteiger partial charge in [0, 0.05) is 11.8 Å². The Labute approximate surface area is 161 Å². The van der Waals surface area contributed by atoms with Crippen LogP contribution in [-0.2, 0) is 4.79 Å². The van der Waals surface area contributed by atoms with Gasteiger partial charge in [-0.3, -0.25) is 4.79 Å². The molecule has 0 aromatic heterocycles. The summed E-state index contributed by atoms with van der Waals surface area (Å²) >= 11 is 0. The normalized spacial score (nSPS) is 10.5. The third-order valence-electron chi connectivity index (χ3n) is 3.61. The zero-order chi connectivity index (χ0) is 20.7. The lowest BCUT2D eigenvalue weighted by Gasteiger charge is -2.09. The molecule has 28 heavy (non-hydrogen) atoms. The van der Waals surface area contributed by atoms with Crippen molar-refractivity contribution >= 4 is 29.6 Å². The minimum atomic E-state index is -1.30. The van der Waals surface area contributed by atoms with E-state index < -0.39 is 17.8 Å². The lowest BCUT2D eigenvalue weighted by atomic mass is 10.1. The molecule has 0 atom stereocenters. The number of nitrogens with one attached hydrogen (secondary N) is 1. The molecule has 2 rings (SSSR count). The fourth-order valence-electron chi connectivity index (χ4n) is 2.37. The van der Waals surface area contributed by atoms with E-state index in [1.165, 1.54) is 31.4 Å². The van der Waals surface area contributed by atoms with Gasteiger partial charge in [-0.15, -0.1) is 0 Å². The molecular formula is C20H19NO7. The SMILES string of the molecule is CCOc1ccc(/C=C/C(=O)Nc2cc(C(=O)O)cc(C(=O)O)c2)cc1OC. The van der Waals surface area contributed by atoms with E-state index in [9.17, 15) is 14.4 Å². The summed E-state index contributed by atoms with van der Waals surface area (Å²) in [6.07, 6.45) is 2.77. The topological polar surface area (TPSA) is 122 Å². The van der Waals surface area contributed by atoms with Crippen LogP contribution in [0.5, 0.6) is 11.5 Å². The molecule has 8 heteroatoms. The summed E-state index contributed by atoms with van der Waals surface area (Å²) in [5, 5.41) is 20.6. The Morgan fingerprint density at radius 2 is 1.64 bits per heavy atom. The zero-order valence-corrected chi connectivity index (χ0v) is 15.3. The van der Waals surface area contributed by atoms with E-state index in [4.69, 9.17) is 19.7 Å². The van der Waals surface area contributed by atoms with Crippen LogP contribution in [0.4, 0.5) is 5.69 Å². The van der Waals surface area contributed by atoms with Gasteiger partial charge < -0.3 is 25.0 Å². The van der Waals surface area contributed by atoms with Gasteiger partial charge in [0.2, 0.25) is 5.91 Å². The molecule has 0 heterocycles. The number of anilines is 1. The highest BCUT2D eigenvalue weighted by Gasteiger charge is 2.12. The van der Waals surface area contributed by atoms with Gasteiger partial charge in [0.15, 0.2) is 11.5 Å². The van der Waals surface area contributed by atoms with Crippen LogP contribution >= 0.6 is 0 Å². The van der Waals surface area contributed by atoms with E-state index in [-0.39, 0.29) is 16.8 Å². The average molecular weight is 385 g/mol. The second-order valence-electron chi connectivity index (χ2n) is 5.58. The van der Waals surface area contributed by atoms with Crippen molar-refractivity contribution in [1.82, 2.24) is 0 Å². The first-order valence-corrected chi connectivity index (χ1v) is 8.25. The molecule has 0 fully saturated rings. The molecule has 0 aliphatic carbocycles. The van der Waals surface area contributed by atoms with Crippen molar-refractivity contribution in [2.45, 2.75) is 6.92 Å². The van der Waals surface area contributed by atoms with Gasteiger partial charge in [-0.05, 0) is 48.9 Å².